The van der Waals surface area contributed by atoms with Crippen LogP contribution in [0.15, 0.2) is 59.1 Å². The number of rotatable bonds is 6. The number of benzene rings is 2. The molecular weight excluding hydrogens is 388 g/mol. The van der Waals surface area contributed by atoms with Gasteiger partial charge in [-0.25, -0.2) is 0 Å². The number of aryl methyl sites for hydroxylation is 3. The lowest BCUT2D eigenvalue weighted by molar-refractivity contribution is -0.122. The summed E-state index contributed by atoms with van der Waals surface area (Å²) in [7, 11) is 0. The van der Waals surface area contributed by atoms with E-state index in [2.05, 4.69) is 26.3 Å². The van der Waals surface area contributed by atoms with Gasteiger partial charge < -0.3 is 9.84 Å². The number of carbonyl (C=O) groups is 1. The smallest absolute Gasteiger partial charge is 0.246 e. The van der Waals surface area contributed by atoms with Gasteiger partial charge >= 0.3 is 0 Å². The number of nitrogens with zero attached hydrogens (tertiary/aromatic N) is 3. The molecule has 1 atom stereocenters. The molecular formula is C25H30N4O2. The molecule has 1 N–H and O–H groups in total. The number of hydrogen-bond acceptors (Lipinski definition) is 5. The average Bonchev–Trinajstić information content (AvgIpc) is 3.14. The summed E-state index contributed by atoms with van der Waals surface area (Å²) < 4.78 is 5.19. The van der Waals surface area contributed by atoms with E-state index in [-0.39, 0.29) is 11.9 Å². The molecule has 3 aromatic rings. The summed E-state index contributed by atoms with van der Waals surface area (Å²) >= 11 is 0. The third kappa shape index (κ3) is 5.40. The van der Waals surface area contributed by atoms with E-state index in [4.69, 9.17) is 4.52 Å². The molecule has 6 heteroatoms. The Morgan fingerprint density at radius 3 is 2.29 bits per heavy atom. The van der Waals surface area contributed by atoms with E-state index >= 15 is 0 Å². The first kappa shape index (κ1) is 21.3. The van der Waals surface area contributed by atoms with Crippen LogP contribution in [0.2, 0.25) is 0 Å². The summed E-state index contributed by atoms with van der Waals surface area (Å²) in [5.74, 6) is 0.845. The number of amides is 1. The van der Waals surface area contributed by atoms with E-state index in [1.807, 2.05) is 69.3 Å². The summed E-state index contributed by atoms with van der Waals surface area (Å²) in [6.45, 7) is 10.2. The summed E-state index contributed by atoms with van der Waals surface area (Å²) in [5.41, 5.74) is 5.11. The van der Waals surface area contributed by atoms with Gasteiger partial charge in [0, 0.05) is 44.5 Å². The van der Waals surface area contributed by atoms with E-state index in [9.17, 15) is 4.79 Å². The summed E-state index contributed by atoms with van der Waals surface area (Å²) in [6.07, 6.45) is 0. The predicted molar refractivity (Wildman–Crippen MR) is 122 cm³/mol. The van der Waals surface area contributed by atoms with Crippen molar-refractivity contribution in [2.75, 3.05) is 31.5 Å². The van der Waals surface area contributed by atoms with Crippen LogP contribution in [0.4, 0.5) is 5.69 Å². The molecule has 162 valence electrons. The quantitative estimate of drug-likeness (QED) is 0.653. The molecule has 1 saturated heterocycles. The van der Waals surface area contributed by atoms with Crippen LogP contribution in [0, 0.1) is 20.8 Å². The van der Waals surface area contributed by atoms with Crippen LogP contribution in [0.5, 0.6) is 0 Å². The van der Waals surface area contributed by atoms with Gasteiger partial charge in [0.1, 0.15) is 11.8 Å². The molecule has 2 heterocycles. The van der Waals surface area contributed by atoms with Crippen molar-refractivity contribution in [2.45, 2.75) is 33.4 Å². The maximum Gasteiger partial charge on any atom is 0.246 e. The first-order chi connectivity index (χ1) is 15.0. The maximum atomic E-state index is 13.4. The molecule has 0 spiro atoms. The van der Waals surface area contributed by atoms with Crippen molar-refractivity contribution >= 4 is 11.6 Å². The Morgan fingerprint density at radius 1 is 1.00 bits per heavy atom. The fraction of sp³-hybridized carbons (Fsp3) is 0.360. The van der Waals surface area contributed by atoms with Crippen molar-refractivity contribution in [3.63, 3.8) is 0 Å². The lowest BCUT2D eigenvalue weighted by Crippen LogP contribution is -2.49. The minimum atomic E-state index is -0.321. The Hall–Kier alpha value is -2.96. The van der Waals surface area contributed by atoms with Crippen molar-refractivity contribution in [3.05, 3.63) is 82.7 Å². The molecule has 6 nitrogen and oxygen atoms in total. The van der Waals surface area contributed by atoms with Gasteiger partial charge in [0.25, 0.3) is 0 Å². The zero-order valence-electron chi connectivity index (χ0n) is 18.5. The van der Waals surface area contributed by atoms with E-state index < -0.39 is 0 Å². The second-order valence-electron chi connectivity index (χ2n) is 8.42. The van der Waals surface area contributed by atoms with Crippen LogP contribution in [0.25, 0.3) is 0 Å². The number of hydrogen-bond donors (Lipinski definition) is 1. The average molecular weight is 419 g/mol. The van der Waals surface area contributed by atoms with Crippen LogP contribution >= 0.6 is 0 Å². The monoisotopic (exact) mass is 418 g/mol. The molecule has 31 heavy (non-hydrogen) atoms. The van der Waals surface area contributed by atoms with Gasteiger partial charge in [-0.15, -0.1) is 0 Å². The minimum absolute atomic E-state index is 0.0109. The zero-order valence-corrected chi connectivity index (χ0v) is 18.5. The van der Waals surface area contributed by atoms with Gasteiger partial charge in [-0.2, -0.15) is 0 Å². The molecule has 1 aromatic heterocycles. The minimum Gasteiger partial charge on any atom is -0.361 e. The van der Waals surface area contributed by atoms with Gasteiger partial charge in [0.05, 0.1) is 5.69 Å². The Labute approximate surface area is 183 Å². The van der Waals surface area contributed by atoms with Crippen LogP contribution in [0.1, 0.15) is 34.2 Å². The largest absolute Gasteiger partial charge is 0.361 e. The molecule has 1 fully saturated rings. The van der Waals surface area contributed by atoms with E-state index in [1.165, 1.54) is 0 Å². The fourth-order valence-electron chi connectivity index (χ4n) is 4.32. The highest BCUT2D eigenvalue weighted by Crippen LogP contribution is 2.25. The zero-order chi connectivity index (χ0) is 21.8. The van der Waals surface area contributed by atoms with Crippen molar-refractivity contribution in [1.82, 2.24) is 15.0 Å². The summed E-state index contributed by atoms with van der Waals surface area (Å²) in [4.78, 5) is 18.1. The number of aromatic nitrogens is 1. The van der Waals surface area contributed by atoms with Crippen LogP contribution < -0.4 is 5.32 Å². The Balaban J connectivity index is 1.47. The molecule has 4 rings (SSSR count). The maximum absolute atomic E-state index is 13.4. The van der Waals surface area contributed by atoms with Crippen molar-refractivity contribution < 1.29 is 9.32 Å². The highest BCUT2D eigenvalue weighted by Gasteiger charge is 2.30. The normalized spacial score (nSPS) is 16.2. The standard InChI is InChI=1S/C25H30N4O2/c1-18-13-19(2)15-22(14-18)26-25(30)24(21-7-5-4-6-8-21)29-11-9-28(10-12-29)17-23-16-20(3)31-27-23/h4-8,13-16,24H,9-12,17H2,1-3H3,(H,26,30)/t24-/m1/s1. The summed E-state index contributed by atoms with van der Waals surface area (Å²) in [6, 6.07) is 17.9. The number of anilines is 1. The lowest BCUT2D eigenvalue weighted by Gasteiger charge is -2.38. The second-order valence-corrected chi connectivity index (χ2v) is 8.42. The Morgan fingerprint density at radius 2 is 1.68 bits per heavy atom. The molecule has 0 aliphatic carbocycles. The molecule has 1 aliphatic rings. The van der Waals surface area contributed by atoms with Crippen molar-refractivity contribution in [1.29, 1.82) is 0 Å². The summed E-state index contributed by atoms with van der Waals surface area (Å²) in [5, 5.41) is 7.26. The first-order valence-electron chi connectivity index (χ1n) is 10.8. The van der Waals surface area contributed by atoms with E-state index in [0.717, 1.165) is 66.6 Å². The van der Waals surface area contributed by atoms with Gasteiger partial charge in [-0.05, 0) is 49.6 Å². The molecule has 1 amide bonds. The second kappa shape index (κ2) is 9.45. The third-order valence-corrected chi connectivity index (χ3v) is 5.69. The Bertz CT molecular complexity index is 1000. The van der Waals surface area contributed by atoms with Crippen molar-refractivity contribution in [3.8, 4) is 0 Å². The van der Waals surface area contributed by atoms with Crippen molar-refractivity contribution in [2.24, 2.45) is 0 Å². The topological polar surface area (TPSA) is 61.6 Å². The molecule has 0 radical (unpaired) electrons. The van der Waals surface area contributed by atoms with E-state index in [0.29, 0.717) is 0 Å². The predicted octanol–water partition coefficient (Wildman–Crippen LogP) is 4.10. The van der Waals surface area contributed by atoms with Gasteiger partial charge in [-0.3, -0.25) is 14.6 Å². The number of carbonyl (C=O) groups excluding carboxylic acids is 1. The SMILES string of the molecule is Cc1cc(C)cc(NC(=O)[C@@H](c2ccccc2)N2CCN(Cc3cc(C)on3)CC2)c1. The molecule has 0 saturated carbocycles. The molecule has 0 unspecified atom stereocenters. The van der Waals surface area contributed by atoms with Crippen LogP contribution in [0.3, 0.4) is 0 Å². The molecule has 0 bridgehead atoms. The van der Waals surface area contributed by atoms with E-state index in [1.54, 1.807) is 0 Å². The Kier molecular flexibility index (Phi) is 6.49. The molecule has 2 aromatic carbocycles. The van der Waals surface area contributed by atoms with Crippen LogP contribution in [-0.2, 0) is 11.3 Å². The highest BCUT2D eigenvalue weighted by molar-refractivity contribution is 5.95. The van der Waals surface area contributed by atoms with Gasteiger partial charge in [0.2, 0.25) is 5.91 Å². The number of nitrogens with one attached hydrogen (secondary N) is 1. The van der Waals surface area contributed by atoms with Gasteiger partial charge in [0.15, 0.2) is 0 Å². The van der Waals surface area contributed by atoms with Crippen LogP contribution in [-0.4, -0.2) is 47.0 Å². The fourth-order valence-corrected chi connectivity index (χ4v) is 4.32. The lowest BCUT2D eigenvalue weighted by atomic mass is 10.0. The third-order valence-electron chi connectivity index (χ3n) is 5.69. The van der Waals surface area contributed by atoms with Gasteiger partial charge in [-0.1, -0.05) is 41.6 Å². The first-order valence-corrected chi connectivity index (χ1v) is 10.8. The molecule has 1 aliphatic heterocycles. The number of piperazine rings is 1. The highest BCUT2D eigenvalue weighted by atomic mass is 16.5.